The van der Waals surface area contributed by atoms with E-state index in [4.69, 9.17) is 5.73 Å². The van der Waals surface area contributed by atoms with Gasteiger partial charge in [0.05, 0.1) is 0 Å². The van der Waals surface area contributed by atoms with Gasteiger partial charge in [0.25, 0.3) is 0 Å². The lowest BCUT2D eigenvalue weighted by molar-refractivity contribution is -0.121. The number of nitrogens with two attached hydrogens (primary N) is 1. The Bertz CT molecular complexity index is 655. The molecule has 0 aliphatic rings. The Hall–Kier alpha value is -2.20. The van der Waals surface area contributed by atoms with E-state index in [9.17, 15) is 9.18 Å². The third-order valence-electron chi connectivity index (χ3n) is 3.96. The molecule has 0 aliphatic carbocycles. The molecule has 1 unspecified atom stereocenters. The number of hydrogen-bond acceptors (Lipinski definition) is 2. The van der Waals surface area contributed by atoms with E-state index in [1.54, 1.807) is 18.2 Å². The maximum absolute atomic E-state index is 13.9. The highest BCUT2D eigenvalue weighted by atomic mass is 19.1. The number of benzene rings is 2. The van der Waals surface area contributed by atoms with Crippen molar-refractivity contribution in [1.29, 1.82) is 0 Å². The van der Waals surface area contributed by atoms with Crippen LogP contribution < -0.4 is 11.1 Å². The van der Waals surface area contributed by atoms with Gasteiger partial charge in [0, 0.05) is 24.4 Å². The highest BCUT2D eigenvalue weighted by molar-refractivity contribution is 5.76. The number of nitrogens with one attached hydrogen (secondary N) is 1. The molecule has 2 aromatic rings. The lowest BCUT2D eigenvalue weighted by atomic mass is 9.84. The molecule has 122 valence electrons. The number of carbonyl (C=O) groups is 1. The van der Waals surface area contributed by atoms with Crippen molar-refractivity contribution in [2.24, 2.45) is 5.73 Å². The zero-order valence-corrected chi connectivity index (χ0v) is 13.6. The molecular formula is C19H23FN2O. The van der Waals surface area contributed by atoms with Gasteiger partial charge in [-0.1, -0.05) is 62.4 Å². The molecule has 2 rings (SSSR count). The molecule has 0 bridgehead atoms. The highest BCUT2D eigenvalue weighted by Gasteiger charge is 2.24. The van der Waals surface area contributed by atoms with Crippen molar-refractivity contribution in [3.05, 3.63) is 71.5 Å². The third kappa shape index (κ3) is 4.63. The zero-order chi connectivity index (χ0) is 16.9. The monoisotopic (exact) mass is 314 g/mol. The van der Waals surface area contributed by atoms with Crippen LogP contribution in [0.4, 0.5) is 4.39 Å². The predicted octanol–water partition coefficient (Wildman–Crippen LogP) is 3.31. The molecule has 0 aromatic heterocycles. The largest absolute Gasteiger partial charge is 0.355 e. The molecule has 3 N–H and O–H groups in total. The van der Waals surface area contributed by atoms with Gasteiger partial charge >= 0.3 is 0 Å². The maximum Gasteiger partial charge on any atom is 0.221 e. The number of rotatable bonds is 6. The Balaban J connectivity index is 1.92. The van der Waals surface area contributed by atoms with Gasteiger partial charge in [-0.15, -0.1) is 0 Å². The van der Waals surface area contributed by atoms with E-state index >= 15 is 0 Å². The summed E-state index contributed by atoms with van der Waals surface area (Å²) in [4.78, 5) is 12.1. The first kappa shape index (κ1) is 17.2. The Morgan fingerprint density at radius 2 is 1.74 bits per heavy atom. The van der Waals surface area contributed by atoms with Crippen LogP contribution in [-0.4, -0.2) is 12.5 Å². The van der Waals surface area contributed by atoms with Crippen molar-refractivity contribution in [1.82, 2.24) is 5.32 Å². The van der Waals surface area contributed by atoms with Crippen molar-refractivity contribution < 1.29 is 9.18 Å². The summed E-state index contributed by atoms with van der Waals surface area (Å²) in [5.41, 5.74) is 7.08. The van der Waals surface area contributed by atoms with Crippen LogP contribution in [-0.2, 0) is 10.2 Å². The van der Waals surface area contributed by atoms with Crippen LogP contribution in [0, 0.1) is 5.82 Å². The summed E-state index contributed by atoms with van der Waals surface area (Å²) in [5.74, 6) is -0.390. The summed E-state index contributed by atoms with van der Waals surface area (Å²) < 4.78 is 13.9. The van der Waals surface area contributed by atoms with Gasteiger partial charge in [-0.05, 0) is 17.2 Å². The van der Waals surface area contributed by atoms with E-state index in [0.717, 1.165) is 5.56 Å². The molecule has 0 saturated heterocycles. The summed E-state index contributed by atoms with van der Waals surface area (Å²) in [7, 11) is 0. The molecule has 3 nitrogen and oxygen atoms in total. The average molecular weight is 314 g/mol. The van der Waals surface area contributed by atoms with E-state index < -0.39 is 5.41 Å². The van der Waals surface area contributed by atoms with Crippen molar-refractivity contribution in [2.45, 2.75) is 31.7 Å². The second-order valence-corrected chi connectivity index (χ2v) is 6.36. The van der Waals surface area contributed by atoms with E-state index in [2.05, 4.69) is 5.32 Å². The van der Waals surface area contributed by atoms with Gasteiger partial charge in [-0.3, -0.25) is 4.79 Å². The molecule has 0 fully saturated rings. The quantitative estimate of drug-likeness (QED) is 0.859. The first-order valence-corrected chi connectivity index (χ1v) is 7.72. The van der Waals surface area contributed by atoms with Gasteiger partial charge in [0.1, 0.15) is 5.82 Å². The standard InChI is InChI=1S/C19H23FN2O/c1-19(2,15-10-6-7-11-16(15)20)13-22-18(23)12-17(21)14-8-4-3-5-9-14/h3-11,17H,12-13,21H2,1-2H3,(H,22,23). The summed E-state index contributed by atoms with van der Waals surface area (Å²) in [6, 6.07) is 15.8. The fourth-order valence-corrected chi connectivity index (χ4v) is 2.51. The summed E-state index contributed by atoms with van der Waals surface area (Å²) in [6.45, 7) is 4.17. The van der Waals surface area contributed by atoms with Gasteiger partial charge in [0.15, 0.2) is 0 Å². The molecule has 0 heterocycles. The van der Waals surface area contributed by atoms with Crippen LogP contribution >= 0.6 is 0 Å². The Kier molecular flexibility index (Phi) is 5.50. The summed E-state index contributed by atoms with van der Waals surface area (Å²) in [6.07, 6.45) is 0.206. The average Bonchev–Trinajstić information content (AvgIpc) is 2.54. The zero-order valence-electron chi connectivity index (χ0n) is 13.6. The van der Waals surface area contributed by atoms with Gasteiger partial charge in [-0.25, -0.2) is 4.39 Å². The van der Waals surface area contributed by atoms with Crippen LogP contribution in [0.3, 0.4) is 0 Å². The van der Waals surface area contributed by atoms with Crippen molar-refractivity contribution in [3.8, 4) is 0 Å². The molecule has 0 radical (unpaired) electrons. The van der Waals surface area contributed by atoms with Gasteiger partial charge in [0.2, 0.25) is 5.91 Å². The second kappa shape index (κ2) is 7.38. The number of hydrogen-bond donors (Lipinski definition) is 2. The first-order valence-electron chi connectivity index (χ1n) is 7.72. The first-order chi connectivity index (χ1) is 10.9. The lowest BCUT2D eigenvalue weighted by Crippen LogP contribution is -2.38. The van der Waals surface area contributed by atoms with Crippen LogP contribution in [0.15, 0.2) is 54.6 Å². The second-order valence-electron chi connectivity index (χ2n) is 6.36. The Morgan fingerprint density at radius 3 is 2.39 bits per heavy atom. The van der Waals surface area contributed by atoms with Crippen LogP contribution in [0.25, 0.3) is 0 Å². The number of carbonyl (C=O) groups excluding carboxylic acids is 1. The van der Waals surface area contributed by atoms with Crippen molar-refractivity contribution in [2.75, 3.05) is 6.54 Å². The normalized spacial score (nSPS) is 12.7. The minimum Gasteiger partial charge on any atom is -0.355 e. The molecule has 1 atom stereocenters. The molecule has 0 aliphatic heterocycles. The molecule has 1 amide bonds. The molecule has 4 heteroatoms. The van der Waals surface area contributed by atoms with Gasteiger partial charge < -0.3 is 11.1 Å². The smallest absolute Gasteiger partial charge is 0.221 e. The topological polar surface area (TPSA) is 55.1 Å². The summed E-state index contributed by atoms with van der Waals surface area (Å²) >= 11 is 0. The minimum absolute atomic E-state index is 0.134. The van der Waals surface area contributed by atoms with Crippen LogP contribution in [0.5, 0.6) is 0 Å². The summed E-state index contributed by atoms with van der Waals surface area (Å²) in [5, 5.41) is 2.86. The maximum atomic E-state index is 13.9. The highest BCUT2D eigenvalue weighted by Crippen LogP contribution is 2.25. The number of halogens is 1. The fraction of sp³-hybridized carbons (Fsp3) is 0.316. The Labute approximate surface area is 136 Å². The van der Waals surface area contributed by atoms with Crippen molar-refractivity contribution in [3.63, 3.8) is 0 Å². The van der Waals surface area contributed by atoms with E-state index in [0.29, 0.717) is 12.1 Å². The lowest BCUT2D eigenvalue weighted by Gasteiger charge is -2.26. The molecule has 0 spiro atoms. The predicted molar refractivity (Wildman–Crippen MR) is 90.4 cm³/mol. The van der Waals surface area contributed by atoms with Crippen LogP contribution in [0.2, 0.25) is 0 Å². The van der Waals surface area contributed by atoms with Crippen molar-refractivity contribution >= 4 is 5.91 Å². The van der Waals surface area contributed by atoms with E-state index in [1.807, 2.05) is 44.2 Å². The number of amides is 1. The fourth-order valence-electron chi connectivity index (χ4n) is 2.51. The Morgan fingerprint density at radius 1 is 1.13 bits per heavy atom. The molecular weight excluding hydrogens is 291 g/mol. The van der Waals surface area contributed by atoms with E-state index in [1.165, 1.54) is 6.07 Å². The molecule has 23 heavy (non-hydrogen) atoms. The SMILES string of the molecule is CC(C)(CNC(=O)CC(N)c1ccccc1)c1ccccc1F. The minimum atomic E-state index is -0.488. The molecule has 2 aromatic carbocycles. The third-order valence-corrected chi connectivity index (χ3v) is 3.96. The van der Waals surface area contributed by atoms with Gasteiger partial charge in [-0.2, -0.15) is 0 Å². The molecule has 0 saturated carbocycles. The van der Waals surface area contributed by atoms with E-state index in [-0.39, 0.29) is 24.2 Å². The van der Waals surface area contributed by atoms with Crippen LogP contribution in [0.1, 0.15) is 37.4 Å².